The van der Waals surface area contributed by atoms with Crippen LogP contribution in [0.5, 0.6) is 0 Å². The molecule has 1 fully saturated rings. The van der Waals surface area contributed by atoms with Gasteiger partial charge in [0.2, 0.25) is 0 Å². The van der Waals surface area contributed by atoms with Crippen LogP contribution in [-0.4, -0.2) is 30.6 Å². The molecule has 2 atom stereocenters. The summed E-state index contributed by atoms with van der Waals surface area (Å²) >= 11 is 0. The first kappa shape index (κ1) is 14.5. The van der Waals surface area contributed by atoms with E-state index < -0.39 is 0 Å². The van der Waals surface area contributed by atoms with Gasteiger partial charge in [-0.25, -0.2) is 0 Å². The summed E-state index contributed by atoms with van der Waals surface area (Å²) in [6, 6.07) is 10.1. The van der Waals surface area contributed by atoms with E-state index in [9.17, 15) is 0 Å². The third kappa shape index (κ3) is 4.32. The van der Waals surface area contributed by atoms with Crippen LogP contribution in [0.2, 0.25) is 0 Å². The van der Waals surface area contributed by atoms with Crippen molar-refractivity contribution in [2.75, 3.05) is 13.6 Å². The Hall–Kier alpha value is -0.860. The van der Waals surface area contributed by atoms with E-state index in [-0.39, 0.29) is 0 Å². The van der Waals surface area contributed by atoms with Crippen molar-refractivity contribution in [3.63, 3.8) is 0 Å². The van der Waals surface area contributed by atoms with Crippen LogP contribution in [0.25, 0.3) is 0 Å². The number of rotatable bonds is 5. The fraction of sp³-hybridized carbons (Fsp3) is 0.647. The fourth-order valence-electron chi connectivity index (χ4n) is 2.93. The molecule has 0 saturated carbocycles. The molecule has 0 amide bonds. The van der Waals surface area contributed by atoms with Crippen molar-refractivity contribution >= 4 is 0 Å². The van der Waals surface area contributed by atoms with Gasteiger partial charge in [0.05, 0.1) is 0 Å². The lowest BCUT2D eigenvalue weighted by atomic mass is 9.98. The highest BCUT2D eigenvalue weighted by molar-refractivity contribution is 5.25. The molecule has 1 saturated heterocycles. The highest BCUT2D eigenvalue weighted by Gasteiger charge is 2.18. The summed E-state index contributed by atoms with van der Waals surface area (Å²) in [6.45, 7) is 6.82. The van der Waals surface area contributed by atoms with E-state index >= 15 is 0 Å². The lowest BCUT2D eigenvalue weighted by molar-refractivity contribution is 0.209. The minimum atomic E-state index is 0.634. The summed E-state index contributed by atoms with van der Waals surface area (Å²) in [4.78, 5) is 2.48. The highest BCUT2D eigenvalue weighted by atomic mass is 15.1. The Morgan fingerprint density at radius 2 is 2.11 bits per heavy atom. The van der Waals surface area contributed by atoms with Crippen LogP contribution >= 0.6 is 0 Å². The Labute approximate surface area is 118 Å². The van der Waals surface area contributed by atoms with Gasteiger partial charge in [0, 0.05) is 18.6 Å². The smallest absolute Gasteiger partial charge is 0.0236 e. The van der Waals surface area contributed by atoms with E-state index in [1.54, 1.807) is 0 Å². The van der Waals surface area contributed by atoms with Crippen LogP contribution in [0, 0.1) is 6.92 Å². The Balaban J connectivity index is 1.85. The third-order valence-corrected chi connectivity index (χ3v) is 4.47. The fourth-order valence-corrected chi connectivity index (χ4v) is 2.93. The molecule has 1 aliphatic heterocycles. The largest absolute Gasteiger partial charge is 0.314 e. The molecular weight excluding hydrogens is 232 g/mol. The summed E-state index contributed by atoms with van der Waals surface area (Å²) in [7, 11) is 2.25. The van der Waals surface area contributed by atoms with Gasteiger partial charge in [-0.05, 0) is 57.8 Å². The van der Waals surface area contributed by atoms with E-state index in [2.05, 4.69) is 55.4 Å². The van der Waals surface area contributed by atoms with Crippen LogP contribution in [-0.2, 0) is 6.54 Å². The van der Waals surface area contributed by atoms with Gasteiger partial charge in [0.25, 0.3) is 0 Å². The average Bonchev–Trinajstić information content (AvgIpc) is 2.42. The molecule has 1 N–H and O–H groups in total. The van der Waals surface area contributed by atoms with Gasteiger partial charge in [0.15, 0.2) is 0 Å². The van der Waals surface area contributed by atoms with Gasteiger partial charge in [-0.1, -0.05) is 30.7 Å². The van der Waals surface area contributed by atoms with Gasteiger partial charge in [-0.3, -0.25) is 4.90 Å². The minimum Gasteiger partial charge on any atom is -0.314 e. The summed E-state index contributed by atoms with van der Waals surface area (Å²) in [6.07, 6.45) is 5.36. The molecule has 2 rings (SSSR count). The molecule has 2 unspecified atom stereocenters. The summed E-state index contributed by atoms with van der Waals surface area (Å²) in [5.41, 5.74) is 2.85. The number of benzene rings is 1. The molecule has 0 bridgehead atoms. The second kappa shape index (κ2) is 7.06. The molecule has 2 heteroatoms. The molecule has 106 valence electrons. The first-order valence-corrected chi connectivity index (χ1v) is 7.65. The van der Waals surface area contributed by atoms with Crippen LogP contribution < -0.4 is 5.32 Å². The molecule has 1 aliphatic rings. The summed E-state index contributed by atoms with van der Waals surface area (Å²) in [5.74, 6) is 0. The van der Waals surface area contributed by atoms with E-state index in [1.807, 2.05) is 0 Å². The Bertz CT molecular complexity index is 383. The maximum atomic E-state index is 3.65. The van der Waals surface area contributed by atoms with Crippen molar-refractivity contribution in [2.45, 2.75) is 58.2 Å². The van der Waals surface area contributed by atoms with Crippen molar-refractivity contribution in [3.05, 3.63) is 35.4 Å². The number of aryl methyl sites for hydroxylation is 1. The molecule has 0 spiro atoms. The zero-order valence-corrected chi connectivity index (χ0v) is 12.7. The van der Waals surface area contributed by atoms with Crippen molar-refractivity contribution in [1.29, 1.82) is 0 Å². The molecule has 0 aliphatic carbocycles. The summed E-state index contributed by atoms with van der Waals surface area (Å²) in [5, 5.41) is 3.65. The van der Waals surface area contributed by atoms with E-state index in [0.717, 1.165) is 12.6 Å². The lowest BCUT2D eigenvalue weighted by Crippen LogP contribution is -2.40. The first-order chi connectivity index (χ1) is 9.16. The van der Waals surface area contributed by atoms with Crippen LogP contribution in [0.3, 0.4) is 0 Å². The molecule has 1 aromatic carbocycles. The van der Waals surface area contributed by atoms with Crippen molar-refractivity contribution < 1.29 is 0 Å². The van der Waals surface area contributed by atoms with Gasteiger partial charge < -0.3 is 5.32 Å². The highest BCUT2D eigenvalue weighted by Crippen LogP contribution is 2.17. The summed E-state index contributed by atoms with van der Waals surface area (Å²) < 4.78 is 0. The maximum absolute atomic E-state index is 3.65. The van der Waals surface area contributed by atoms with Crippen molar-refractivity contribution in [3.8, 4) is 0 Å². The Kier molecular flexibility index (Phi) is 5.41. The normalized spacial score (nSPS) is 21.6. The Morgan fingerprint density at radius 1 is 1.32 bits per heavy atom. The number of piperidine rings is 1. The van der Waals surface area contributed by atoms with Crippen LogP contribution in [0.15, 0.2) is 24.3 Å². The maximum Gasteiger partial charge on any atom is 0.0236 e. The topological polar surface area (TPSA) is 15.3 Å². The van der Waals surface area contributed by atoms with Crippen molar-refractivity contribution in [1.82, 2.24) is 10.2 Å². The lowest BCUT2D eigenvalue weighted by Gasteiger charge is -2.31. The predicted molar refractivity (Wildman–Crippen MR) is 82.4 cm³/mol. The zero-order chi connectivity index (χ0) is 13.7. The second-order valence-corrected chi connectivity index (χ2v) is 6.07. The third-order valence-electron chi connectivity index (χ3n) is 4.47. The first-order valence-electron chi connectivity index (χ1n) is 7.65. The molecule has 2 nitrogen and oxygen atoms in total. The average molecular weight is 260 g/mol. The van der Waals surface area contributed by atoms with Gasteiger partial charge in [-0.2, -0.15) is 0 Å². The predicted octanol–water partition coefficient (Wildman–Crippen LogP) is 3.35. The minimum absolute atomic E-state index is 0.634. The molecule has 1 heterocycles. The quantitative estimate of drug-likeness (QED) is 0.873. The monoisotopic (exact) mass is 260 g/mol. The van der Waals surface area contributed by atoms with E-state index in [0.29, 0.717) is 6.04 Å². The van der Waals surface area contributed by atoms with Gasteiger partial charge in [0.1, 0.15) is 0 Å². The number of nitrogens with one attached hydrogen (secondary N) is 1. The SMILES string of the molecule is Cc1ccccc1CN(C)C(C)CC1CCCCN1. The van der Waals surface area contributed by atoms with Gasteiger partial charge in [-0.15, -0.1) is 0 Å². The standard InChI is InChI=1S/C17H28N2/c1-14-8-4-5-9-16(14)13-19(3)15(2)12-17-10-6-7-11-18-17/h4-5,8-9,15,17-18H,6-7,10-13H2,1-3H3. The Morgan fingerprint density at radius 3 is 2.79 bits per heavy atom. The zero-order valence-electron chi connectivity index (χ0n) is 12.7. The van der Waals surface area contributed by atoms with E-state index in [1.165, 1.54) is 43.4 Å². The number of hydrogen-bond donors (Lipinski definition) is 1. The van der Waals surface area contributed by atoms with Crippen LogP contribution in [0.4, 0.5) is 0 Å². The molecular formula is C17H28N2. The van der Waals surface area contributed by atoms with E-state index in [4.69, 9.17) is 0 Å². The van der Waals surface area contributed by atoms with Gasteiger partial charge >= 0.3 is 0 Å². The van der Waals surface area contributed by atoms with Crippen LogP contribution in [0.1, 0.15) is 43.7 Å². The van der Waals surface area contributed by atoms with Crippen molar-refractivity contribution in [2.24, 2.45) is 0 Å². The molecule has 19 heavy (non-hydrogen) atoms. The second-order valence-electron chi connectivity index (χ2n) is 6.07. The number of hydrogen-bond acceptors (Lipinski definition) is 2. The number of nitrogens with zero attached hydrogens (tertiary/aromatic N) is 1. The molecule has 1 aromatic rings. The molecule has 0 aromatic heterocycles. The molecule has 0 radical (unpaired) electrons.